The third-order valence-corrected chi connectivity index (χ3v) is 3.26. The van der Waals surface area contributed by atoms with E-state index in [4.69, 9.17) is 0 Å². The minimum absolute atomic E-state index is 0.0903. The number of H-pyrrole nitrogens is 1. The van der Waals surface area contributed by atoms with Crippen molar-refractivity contribution in [2.24, 2.45) is 5.92 Å². The van der Waals surface area contributed by atoms with E-state index in [0.717, 1.165) is 31.5 Å². The molecule has 1 aliphatic heterocycles. The van der Waals surface area contributed by atoms with Crippen LogP contribution in [0.1, 0.15) is 32.4 Å². The number of amides is 1. The third kappa shape index (κ3) is 3.06. The number of nitrogens with one attached hydrogen (secondary N) is 3. The summed E-state index contributed by atoms with van der Waals surface area (Å²) >= 11 is 0. The first-order chi connectivity index (χ1) is 8.19. The number of aromatic nitrogens is 2. The van der Waals surface area contributed by atoms with E-state index in [-0.39, 0.29) is 11.8 Å². The Hall–Kier alpha value is -1.36. The number of piperidine rings is 1. The van der Waals surface area contributed by atoms with Gasteiger partial charge in [-0.15, -0.1) is 0 Å². The summed E-state index contributed by atoms with van der Waals surface area (Å²) in [6, 6.07) is 2.31. The molecule has 1 saturated heterocycles. The van der Waals surface area contributed by atoms with Gasteiger partial charge in [0.15, 0.2) is 5.82 Å². The Morgan fingerprint density at radius 2 is 2.47 bits per heavy atom. The van der Waals surface area contributed by atoms with Crippen LogP contribution >= 0.6 is 0 Å². The third-order valence-electron chi connectivity index (χ3n) is 3.26. The van der Waals surface area contributed by atoms with Gasteiger partial charge in [0.1, 0.15) is 0 Å². The van der Waals surface area contributed by atoms with Crippen LogP contribution in [0.5, 0.6) is 0 Å². The highest BCUT2D eigenvalue weighted by molar-refractivity contribution is 5.91. The second kappa shape index (κ2) is 5.31. The molecule has 1 fully saturated rings. The van der Waals surface area contributed by atoms with Crippen molar-refractivity contribution in [3.8, 4) is 0 Å². The van der Waals surface area contributed by atoms with Crippen molar-refractivity contribution < 1.29 is 4.79 Å². The van der Waals surface area contributed by atoms with Gasteiger partial charge in [-0.25, -0.2) is 0 Å². The molecule has 1 aromatic rings. The van der Waals surface area contributed by atoms with Crippen molar-refractivity contribution in [2.75, 3.05) is 11.9 Å². The summed E-state index contributed by atoms with van der Waals surface area (Å²) in [6.45, 7) is 5.08. The average Bonchev–Trinajstić information content (AvgIpc) is 2.77. The van der Waals surface area contributed by atoms with Gasteiger partial charge in [-0.2, -0.15) is 5.10 Å². The van der Waals surface area contributed by atoms with E-state index in [1.807, 2.05) is 13.0 Å². The van der Waals surface area contributed by atoms with E-state index < -0.39 is 0 Å². The number of carbonyl (C=O) groups is 1. The van der Waals surface area contributed by atoms with Gasteiger partial charge in [0.2, 0.25) is 5.91 Å². The van der Waals surface area contributed by atoms with Gasteiger partial charge >= 0.3 is 0 Å². The summed E-state index contributed by atoms with van der Waals surface area (Å²) in [6.07, 6.45) is 2.70. The standard InChI is InChI=1S/C12H20N4O/c1-3-10-7-11(16-15-10)14-12(17)9-4-5-13-8(2)6-9/h7-9,13H,3-6H2,1-2H3,(H2,14,15,16,17). The molecule has 0 saturated carbocycles. The Bertz CT molecular complexity index is 388. The number of nitrogens with zero attached hydrogens (tertiary/aromatic N) is 1. The highest BCUT2D eigenvalue weighted by Gasteiger charge is 2.25. The van der Waals surface area contributed by atoms with Crippen LogP contribution in [-0.2, 0) is 11.2 Å². The van der Waals surface area contributed by atoms with Crippen molar-refractivity contribution >= 4 is 11.7 Å². The quantitative estimate of drug-likeness (QED) is 0.741. The Balaban J connectivity index is 1.91. The fraction of sp³-hybridized carbons (Fsp3) is 0.667. The molecular formula is C12H20N4O. The highest BCUT2D eigenvalue weighted by atomic mass is 16.2. The van der Waals surface area contributed by atoms with Crippen LogP contribution in [0, 0.1) is 5.92 Å². The highest BCUT2D eigenvalue weighted by Crippen LogP contribution is 2.18. The van der Waals surface area contributed by atoms with E-state index in [2.05, 4.69) is 27.8 Å². The Kier molecular flexibility index (Phi) is 3.78. The molecule has 2 rings (SSSR count). The van der Waals surface area contributed by atoms with Crippen LogP contribution < -0.4 is 10.6 Å². The first-order valence-electron chi connectivity index (χ1n) is 6.27. The maximum atomic E-state index is 12.0. The Morgan fingerprint density at radius 3 is 3.12 bits per heavy atom. The van der Waals surface area contributed by atoms with Crippen LogP contribution in [0.15, 0.2) is 6.07 Å². The normalized spacial score (nSPS) is 24.6. The van der Waals surface area contributed by atoms with Crippen LogP contribution in [-0.4, -0.2) is 28.7 Å². The summed E-state index contributed by atoms with van der Waals surface area (Å²) < 4.78 is 0. The minimum Gasteiger partial charge on any atom is -0.314 e. The smallest absolute Gasteiger partial charge is 0.228 e. The first-order valence-corrected chi connectivity index (χ1v) is 6.27. The van der Waals surface area contributed by atoms with E-state index >= 15 is 0 Å². The molecule has 2 heterocycles. The van der Waals surface area contributed by atoms with E-state index in [0.29, 0.717) is 11.9 Å². The molecule has 5 nitrogen and oxygen atoms in total. The van der Waals surface area contributed by atoms with Crippen molar-refractivity contribution in [1.82, 2.24) is 15.5 Å². The van der Waals surface area contributed by atoms with Crippen molar-refractivity contribution in [1.29, 1.82) is 0 Å². The maximum absolute atomic E-state index is 12.0. The van der Waals surface area contributed by atoms with Crippen molar-refractivity contribution in [2.45, 2.75) is 39.2 Å². The zero-order valence-corrected chi connectivity index (χ0v) is 10.4. The summed E-state index contributed by atoms with van der Waals surface area (Å²) in [5, 5.41) is 13.2. The Morgan fingerprint density at radius 1 is 1.65 bits per heavy atom. The van der Waals surface area contributed by atoms with E-state index in [1.165, 1.54) is 0 Å². The number of aromatic amines is 1. The molecule has 0 spiro atoms. The van der Waals surface area contributed by atoms with Crippen LogP contribution in [0.2, 0.25) is 0 Å². The molecule has 0 aliphatic carbocycles. The van der Waals surface area contributed by atoms with Crippen LogP contribution in [0.25, 0.3) is 0 Å². The van der Waals surface area contributed by atoms with E-state index in [1.54, 1.807) is 0 Å². The summed E-state index contributed by atoms with van der Waals surface area (Å²) in [5.74, 6) is 0.832. The minimum atomic E-state index is 0.0903. The fourth-order valence-corrected chi connectivity index (χ4v) is 2.21. The Labute approximate surface area is 101 Å². The number of carbonyl (C=O) groups excluding carboxylic acids is 1. The lowest BCUT2D eigenvalue weighted by atomic mass is 9.92. The molecule has 2 atom stereocenters. The van der Waals surface area contributed by atoms with Gasteiger partial charge in [0, 0.05) is 23.7 Å². The lowest BCUT2D eigenvalue weighted by molar-refractivity contribution is -0.120. The summed E-state index contributed by atoms with van der Waals surface area (Å²) in [7, 11) is 0. The lowest BCUT2D eigenvalue weighted by Gasteiger charge is -2.26. The largest absolute Gasteiger partial charge is 0.314 e. The second-order valence-corrected chi connectivity index (χ2v) is 4.70. The fourth-order valence-electron chi connectivity index (χ4n) is 2.21. The van der Waals surface area contributed by atoms with Crippen molar-refractivity contribution in [3.63, 3.8) is 0 Å². The molecule has 94 valence electrons. The number of rotatable bonds is 3. The second-order valence-electron chi connectivity index (χ2n) is 4.70. The van der Waals surface area contributed by atoms with Gasteiger partial charge in [-0.1, -0.05) is 6.92 Å². The van der Waals surface area contributed by atoms with Gasteiger partial charge in [-0.05, 0) is 32.7 Å². The first kappa shape index (κ1) is 12.1. The summed E-state index contributed by atoms with van der Waals surface area (Å²) in [5.41, 5.74) is 1.04. The van der Waals surface area contributed by atoms with Crippen LogP contribution in [0.4, 0.5) is 5.82 Å². The van der Waals surface area contributed by atoms with Gasteiger partial charge in [0.25, 0.3) is 0 Å². The maximum Gasteiger partial charge on any atom is 0.228 e. The molecule has 3 N–H and O–H groups in total. The molecule has 1 amide bonds. The molecule has 17 heavy (non-hydrogen) atoms. The predicted molar refractivity (Wildman–Crippen MR) is 66.8 cm³/mol. The topological polar surface area (TPSA) is 69.8 Å². The van der Waals surface area contributed by atoms with Gasteiger partial charge in [0.05, 0.1) is 0 Å². The average molecular weight is 236 g/mol. The molecule has 0 radical (unpaired) electrons. The monoisotopic (exact) mass is 236 g/mol. The zero-order valence-electron chi connectivity index (χ0n) is 10.4. The molecule has 0 bridgehead atoms. The predicted octanol–water partition coefficient (Wildman–Crippen LogP) is 1.30. The van der Waals surface area contributed by atoms with Gasteiger partial charge in [-0.3, -0.25) is 9.89 Å². The molecular weight excluding hydrogens is 216 g/mol. The van der Waals surface area contributed by atoms with Crippen LogP contribution in [0.3, 0.4) is 0 Å². The molecule has 1 aliphatic rings. The number of anilines is 1. The SMILES string of the molecule is CCc1cc(NC(=O)C2CCNC(C)C2)n[nH]1. The molecule has 5 heteroatoms. The number of hydrogen-bond acceptors (Lipinski definition) is 3. The molecule has 0 aromatic carbocycles. The number of aryl methyl sites for hydroxylation is 1. The molecule has 1 aromatic heterocycles. The lowest BCUT2D eigenvalue weighted by Crippen LogP contribution is -2.40. The van der Waals surface area contributed by atoms with E-state index in [9.17, 15) is 4.79 Å². The van der Waals surface area contributed by atoms with Crippen molar-refractivity contribution in [3.05, 3.63) is 11.8 Å². The molecule has 2 unspecified atom stereocenters. The number of hydrogen-bond donors (Lipinski definition) is 3. The summed E-state index contributed by atoms with van der Waals surface area (Å²) in [4.78, 5) is 12.0. The zero-order chi connectivity index (χ0) is 12.3. The van der Waals surface area contributed by atoms with Gasteiger partial charge < -0.3 is 10.6 Å².